The van der Waals surface area contributed by atoms with E-state index < -0.39 is 10.0 Å². The first-order valence-electron chi connectivity index (χ1n) is 10.9. The molecular weight excluding hydrogens is 438 g/mol. The summed E-state index contributed by atoms with van der Waals surface area (Å²) in [5.74, 6) is 0. The van der Waals surface area contributed by atoms with Crippen molar-refractivity contribution in [3.63, 3.8) is 0 Å². The molecule has 5 nitrogen and oxygen atoms in total. The van der Waals surface area contributed by atoms with Crippen LogP contribution in [0.2, 0.25) is 0 Å². The number of benzene rings is 2. The van der Waals surface area contributed by atoms with Gasteiger partial charge < -0.3 is 0 Å². The minimum Gasteiger partial charge on any atom is -0.299 e. The molecule has 0 radical (unpaired) electrons. The van der Waals surface area contributed by atoms with Crippen LogP contribution in [0.25, 0.3) is 0 Å². The molecule has 1 aliphatic rings. The Labute approximate surface area is 194 Å². The van der Waals surface area contributed by atoms with Gasteiger partial charge in [0.15, 0.2) is 0 Å². The summed E-state index contributed by atoms with van der Waals surface area (Å²) >= 11 is 1.28. The summed E-state index contributed by atoms with van der Waals surface area (Å²) in [5.41, 5.74) is 2.94. The third-order valence-electron chi connectivity index (χ3n) is 5.95. The Bertz CT molecular complexity index is 1150. The molecule has 7 heteroatoms. The number of rotatable bonds is 8. The van der Waals surface area contributed by atoms with E-state index in [0.29, 0.717) is 22.7 Å². The SMILES string of the molecule is N#Cc1cccc(CN2CCC(N(CCc3ccccc3)S(=O)(=O)c3cccs3)CC2)c1. The monoisotopic (exact) mass is 465 g/mol. The van der Waals surface area contributed by atoms with Gasteiger partial charge in [0, 0.05) is 32.2 Å². The highest BCUT2D eigenvalue weighted by Crippen LogP contribution is 2.28. The number of sulfonamides is 1. The fourth-order valence-electron chi connectivity index (χ4n) is 4.27. The third kappa shape index (κ3) is 5.45. The van der Waals surface area contributed by atoms with E-state index >= 15 is 0 Å². The lowest BCUT2D eigenvalue weighted by Crippen LogP contribution is -2.47. The summed E-state index contributed by atoms with van der Waals surface area (Å²) in [6, 6.07) is 23.5. The van der Waals surface area contributed by atoms with Crippen molar-refractivity contribution in [2.45, 2.75) is 36.1 Å². The van der Waals surface area contributed by atoms with E-state index in [1.165, 1.54) is 11.3 Å². The maximum atomic E-state index is 13.4. The lowest BCUT2D eigenvalue weighted by atomic mass is 10.0. The van der Waals surface area contributed by atoms with Gasteiger partial charge in [-0.2, -0.15) is 9.57 Å². The van der Waals surface area contributed by atoms with Crippen molar-refractivity contribution in [2.75, 3.05) is 19.6 Å². The number of nitriles is 1. The van der Waals surface area contributed by atoms with Gasteiger partial charge in [-0.15, -0.1) is 11.3 Å². The zero-order chi connectivity index (χ0) is 22.4. The average Bonchev–Trinajstić information content (AvgIpc) is 3.37. The second-order valence-electron chi connectivity index (χ2n) is 8.10. The Hall–Kier alpha value is -2.50. The number of piperidine rings is 1. The van der Waals surface area contributed by atoms with Crippen molar-refractivity contribution in [2.24, 2.45) is 0 Å². The van der Waals surface area contributed by atoms with E-state index in [1.807, 2.05) is 60.0 Å². The first kappa shape index (κ1) is 22.7. The molecule has 0 spiro atoms. The molecule has 0 bridgehead atoms. The van der Waals surface area contributed by atoms with Crippen LogP contribution in [0.5, 0.6) is 0 Å². The van der Waals surface area contributed by atoms with Gasteiger partial charge in [-0.3, -0.25) is 4.90 Å². The molecule has 0 amide bonds. The molecule has 32 heavy (non-hydrogen) atoms. The Kier molecular flexibility index (Phi) is 7.38. The lowest BCUT2D eigenvalue weighted by Gasteiger charge is -2.37. The van der Waals surface area contributed by atoms with Crippen LogP contribution in [0.3, 0.4) is 0 Å². The fourth-order valence-corrected chi connectivity index (χ4v) is 7.08. The molecule has 0 atom stereocenters. The summed E-state index contributed by atoms with van der Waals surface area (Å²) in [5, 5.41) is 10.9. The van der Waals surface area contributed by atoms with Gasteiger partial charge in [0.05, 0.1) is 11.6 Å². The zero-order valence-electron chi connectivity index (χ0n) is 17.9. The average molecular weight is 466 g/mol. The van der Waals surface area contributed by atoms with Gasteiger partial charge in [-0.1, -0.05) is 48.5 Å². The highest BCUT2D eigenvalue weighted by Gasteiger charge is 2.34. The standard InChI is InChI=1S/C25H27N3O2S2/c26-19-22-8-4-9-23(18-22)20-27-14-12-24(13-15-27)28(16-11-21-6-2-1-3-7-21)32(29,30)25-10-5-17-31-25/h1-10,17-18,24H,11-16,20H2. The predicted molar refractivity (Wildman–Crippen MR) is 128 cm³/mol. The zero-order valence-corrected chi connectivity index (χ0v) is 19.6. The summed E-state index contributed by atoms with van der Waals surface area (Å²) in [6.45, 7) is 2.94. The summed E-state index contributed by atoms with van der Waals surface area (Å²) < 4.78 is 29.1. The molecule has 0 saturated carbocycles. The first-order chi connectivity index (χ1) is 15.6. The van der Waals surface area contributed by atoms with Gasteiger partial charge in [0.1, 0.15) is 4.21 Å². The lowest BCUT2D eigenvalue weighted by molar-refractivity contribution is 0.154. The van der Waals surface area contributed by atoms with Crippen molar-refractivity contribution in [1.29, 1.82) is 5.26 Å². The fraction of sp³-hybridized carbons (Fsp3) is 0.320. The molecule has 0 aliphatic carbocycles. The Morgan fingerprint density at radius 3 is 2.44 bits per heavy atom. The highest BCUT2D eigenvalue weighted by molar-refractivity contribution is 7.91. The van der Waals surface area contributed by atoms with Crippen LogP contribution < -0.4 is 0 Å². The minimum absolute atomic E-state index is 0.00694. The summed E-state index contributed by atoms with van der Waals surface area (Å²) in [6.07, 6.45) is 2.31. The molecule has 166 valence electrons. The molecule has 2 aromatic carbocycles. The summed E-state index contributed by atoms with van der Waals surface area (Å²) in [7, 11) is -3.52. The molecule has 0 unspecified atom stereocenters. The molecule has 1 saturated heterocycles. The van der Waals surface area contributed by atoms with Gasteiger partial charge in [-0.05, 0) is 54.0 Å². The van der Waals surface area contributed by atoms with Crippen molar-refractivity contribution in [3.05, 3.63) is 88.8 Å². The number of hydrogen-bond donors (Lipinski definition) is 0. The first-order valence-corrected chi connectivity index (χ1v) is 13.2. The van der Waals surface area contributed by atoms with Gasteiger partial charge >= 0.3 is 0 Å². The Morgan fingerprint density at radius 2 is 1.75 bits per heavy atom. The third-order valence-corrected chi connectivity index (χ3v) is 9.27. The normalized spacial score (nSPS) is 15.6. The summed E-state index contributed by atoms with van der Waals surface area (Å²) in [4.78, 5) is 2.35. The van der Waals surface area contributed by atoms with Crippen LogP contribution in [0.1, 0.15) is 29.5 Å². The van der Waals surface area contributed by atoms with Crippen LogP contribution in [0, 0.1) is 11.3 Å². The maximum Gasteiger partial charge on any atom is 0.252 e. The highest BCUT2D eigenvalue weighted by atomic mass is 32.2. The van der Waals surface area contributed by atoms with E-state index in [9.17, 15) is 8.42 Å². The molecule has 1 aliphatic heterocycles. The molecule has 0 N–H and O–H groups in total. The second-order valence-corrected chi connectivity index (χ2v) is 11.2. The van der Waals surface area contributed by atoms with E-state index in [2.05, 4.69) is 11.0 Å². The largest absolute Gasteiger partial charge is 0.299 e. The maximum absolute atomic E-state index is 13.4. The van der Waals surface area contributed by atoms with Crippen molar-refractivity contribution in [1.82, 2.24) is 9.21 Å². The smallest absolute Gasteiger partial charge is 0.252 e. The van der Waals surface area contributed by atoms with Gasteiger partial charge in [0.25, 0.3) is 10.0 Å². The topological polar surface area (TPSA) is 64.4 Å². The van der Waals surface area contributed by atoms with Crippen LogP contribution >= 0.6 is 11.3 Å². The quantitative estimate of drug-likeness (QED) is 0.491. The van der Waals surface area contributed by atoms with Crippen LogP contribution in [0.15, 0.2) is 76.3 Å². The Morgan fingerprint density at radius 1 is 1.00 bits per heavy atom. The van der Waals surface area contributed by atoms with Crippen molar-refractivity contribution in [3.8, 4) is 6.07 Å². The number of hydrogen-bond acceptors (Lipinski definition) is 5. The molecule has 4 rings (SSSR count). The second kappa shape index (κ2) is 10.4. The molecule has 3 aromatic rings. The molecule has 1 fully saturated rings. The Balaban J connectivity index is 1.45. The van der Waals surface area contributed by atoms with Crippen molar-refractivity contribution < 1.29 is 8.42 Å². The van der Waals surface area contributed by atoms with Crippen LogP contribution in [-0.4, -0.2) is 43.3 Å². The van der Waals surface area contributed by atoms with E-state index in [0.717, 1.165) is 43.6 Å². The molecular formula is C25H27N3O2S2. The van der Waals surface area contributed by atoms with E-state index in [4.69, 9.17) is 5.26 Å². The van der Waals surface area contributed by atoms with Crippen LogP contribution in [0.4, 0.5) is 0 Å². The van der Waals surface area contributed by atoms with Gasteiger partial charge in [0.2, 0.25) is 0 Å². The van der Waals surface area contributed by atoms with Crippen molar-refractivity contribution >= 4 is 21.4 Å². The van der Waals surface area contributed by atoms with E-state index in [1.54, 1.807) is 16.4 Å². The van der Waals surface area contributed by atoms with Crippen LogP contribution in [-0.2, 0) is 23.0 Å². The van der Waals surface area contributed by atoms with E-state index in [-0.39, 0.29) is 6.04 Å². The predicted octanol–water partition coefficient (Wildman–Crippen LogP) is 4.52. The van der Waals surface area contributed by atoms with Gasteiger partial charge in [-0.25, -0.2) is 8.42 Å². The number of nitrogens with zero attached hydrogens (tertiary/aromatic N) is 3. The molecule has 1 aromatic heterocycles. The number of likely N-dealkylation sites (tertiary alicyclic amines) is 1. The number of thiophene rings is 1. The minimum atomic E-state index is -3.52. The molecule has 2 heterocycles.